The molecule has 0 aliphatic carbocycles. The Hall–Kier alpha value is -4.05. The zero-order chi connectivity index (χ0) is 31.9. The third-order valence-electron chi connectivity index (χ3n) is 7.03. The summed E-state index contributed by atoms with van der Waals surface area (Å²) >= 11 is 0. The molecule has 43 heavy (non-hydrogen) atoms. The second-order valence-electron chi connectivity index (χ2n) is 11.5. The highest BCUT2D eigenvalue weighted by atomic mass is 32.2. The van der Waals surface area contributed by atoms with Crippen molar-refractivity contribution in [3.8, 4) is 11.5 Å². The number of nitrogens with zero attached hydrogens (tertiary/aromatic N) is 2. The van der Waals surface area contributed by atoms with Gasteiger partial charge in [0.05, 0.1) is 24.8 Å². The summed E-state index contributed by atoms with van der Waals surface area (Å²) < 4.78 is 40.4. The van der Waals surface area contributed by atoms with Crippen LogP contribution in [0.15, 0.2) is 71.6 Å². The van der Waals surface area contributed by atoms with E-state index in [4.69, 9.17) is 9.47 Å². The van der Waals surface area contributed by atoms with E-state index in [9.17, 15) is 18.0 Å². The molecule has 0 aromatic heterocycles. The van der Waals surface area contributed by atoms with Gasteiger partial charge in [0.2, 0.25) is 11.8 Å². The summed E-state index contributed by atoms with van der Waals surface area (Å²) in [7, 11) is -1.37. The molecule has 232 valence electrons. The lowest BCUT2D eigenvalue weighted by Crippen LogP contribution is -2.55. The number of sulfonamides is 1. The Morgan fingerprint density at radius 1 is 0.930 bits per heavy atom. The van der Waals surface area contributed by atoms with E-state index in [1.807, 2.05) is 65.8 Å². The van der Waals surface area contributed by atoms with Crippen molar-refractivity contribution in [2.75, 3.05) is 25.1 Å². The molecule has 0 unspecified atom stereocenters. The third kappa shape index (κ3) is 8.28. The van der Waals surface area contributed by atoms with Crippen molar-refractivity contribution < 1.29 is 27.5 Å². The maximum Gasteiger partial charge on any atom is 0.264 e. The first-order valence-corrected chi connectivity index (χ1v) is 15.6. The van der Waals surface area contributed by atoms with Crippen LogP contribution in [0.4, 0.5) is 5.69 Å². The largest absolute Gasteiger partial charge is 0.497 e. The van der Waals surface area contributed by atoms with Gasteiger partial charge in [0.15, 0.2) is 0 Å². The molecule has 0 heterocycles. The SMILES string of the molecule is CC[C@H](C(=O)NC(C)(C)C)N(Cc1ccccc1C)C(=O)CN(c1cc(OC)ccc1OC)S(=O)(=O)c1ccc(C)cc1. The summed E-state index contributed by atoms with van der Waals surface area (Å²) in [5.41, 5.74) is 2.30. The van der Waals surface area contributed by atoms with Gasteiger partial charge in [-0.2, -0.15) is 0 Å². The van der Waals surface area contributed by atoms with Gasteiger partial charge in [0, 0.05) is 18.2 Å². The molecule has 3 aromatic carbocycles. The van der Waals surface area contributed by atoms with Crippen molar-refractivity contribution >= 4 is 27.5 Å². The van der Waals surface area contributed by atoms with Crippen molar-refractivity contribution in [3.63, 3.8) is 0 Å². The van der Waals surface area contributed by atoms with E-state index in [0.29, 0.717) is 12.2 Å². The first-order chi connectivity index (χ1) is 20.2. The molecule has 0 fully saturated rings. The molecule has 3 aromatic rings. The quantitative estimate of drug-likeness (QED) is 0.301. The smallest absolute Gasteiger partial charge is 0.264 e. The van der Waals surface area contributed by atoms with Crippen molar-refractivity contribution in [1.82, 2.24) is 10.2 Å². The minimum Gasteiger partial charge on any atom is -0.497 e. The van der Waals surface area contributed by atoms with Gasteiger partial charge in [-0.15, -0.1) is 0 Å². The van der Waals surface area contributed by atoms with Crippen LogP contribution in [0, 0.1) is 13.8 Å². The predicted molar refractivity (Wildman–Crippen MR) is 169 cm³/mol. The number of aryl methyl sites for hydroxylation is 2. The number of rotatable bonds is 12. The van der Waals surface area contributed by atoms with Crippen LogP contribution in [0.5, 0.6) is 11.5 Å². The minimum atomic E-state index is -4.27. The second-order valence-corrected chi connectivity index (χ2v) is 13.3. The summed E-state index contributed by atoms with van der Waals surface area (Å²) in [5, 5.41) is 2.98. The predicted octanol–water partition coefficient (Wildman–Crippen LogP) is 5.24. The number of amides is 2. The maximum atomic E-state index is 14.4. The maximum absolute atomic E-state index is 14.4. The molecule has 1 N–H and O–H groups in total. The van der Waals surface area contributed by atoms with Crippen molar-refractivity contribution in [2.45, 2.75) is 71.0 Å². The number of ether oxygens (including phenoxy) is 2. The van der Waals surface area contributed by atoms with E-state index >= 15 is 0 Å². The van der Waals surface area contributed by atoms with E-state index in [0.717, 1.165) is 21.0 Å². The highest BCUT2D eigenvalue weighted by Crippen LogP contribution is 2.36. The molecule has 0 saturated heterocycles. The van der Waals surface area contributed by atoms with Gasteiger partial charge in [-0.25, -0.2) is 8.42 Å². The van der Waals surface area contributed by atoms with Crippen LogP contribution >= 0.6 is 0 Å². The highest BCUT2D eigenvalue weighted by Gasteiger charge is 2.36. The number of hydrogen-bond acceptors (Lipinski definition) is 6. The average molecular weight is 610 g/mol. The Labute approximate surface area is 255 Å². The molecule has 0 saturated carbocycles. The van der Waals surface area contributed by atoms with Gasteiger partial charge in [0.1, 0.15) is 24.1 Å². The number of anilines is 1. The molecule has 1 atom stereocenters. The minimum absolute atomic E-state index is 0.0127. The van der Waals surface area contributed by atoms with Crippen molar-refractivity contribution in [3.05, 3.63) is 83.4 Å². The molecule has 2 amide bonds. The normalized spacial score (nSPS) is 12.3. The first-order valence-electron chi connectivity index (χ1n) is 14.2. The lowest BCUT2D eigenvalue weighted by Gasteiger charge is -2.35. The summed E-state index contributed by atoms with van der Waals surface area (Å²) in [6.45, 7) is 10.8. The molecule has 3 rings (SSSR count). The van der Waals surface area contributed by atoms with Crippen molar-refractivity contribution in [2.24, 2.45) is 0 Å². The fourth-order valence-corrected chi connectivity index (χ4v) is 6.10. The Morgan fingerprint density at radius 2 is 1.58 bits per heavy atom. The number of carbonyl (C=O) groups excluding carboxylic acids is 2. The zero-order valence-electron chi connectivity index (χ0n) is 26.3. The fourth-order valence-electron chi connectivity index (χ4n) is 4.69. The monoisotopic (exact) mass is 609 g/mol. The summed E-state index contributed by atoms with van der Waals surface area (Å²) in [4.78, 5) is 29.4. The lowest BCUT2D eigenvalue weighted by molar-refractivity contribution is -0.141. The van der Waals surface area contributed by atoms with E-state index in [2.05, 4.69) is 5.32 Å². The van der Waals surface area contributed by atoms with E-state index in [1.165, 1.54) is 37.3 Å². The third-order valence-corrected chi connectivity index (χ3v) is 8.80. The van der Waals surface area contributed by atoms with Gasteiger partial charge in [0.25, 0.3) is 10.0 Å². The number of benzene rings is 3. The van der Waals surface area contributed by atoms with Gasteiger partial charge in [-0.1, -0.05) is 48.9 Å². The molecule has 9 nitrogen and oxygen atoms in total. The molecule has 0 aliphatic rings. The van der Waals surface area contributed by atoms with Crippen molar-refractivity contribution in [1.29, 1.82) is 0 Å². The van der Waals surface area contributed by atoms with Crippen LogP contribution in [0.25, 0.3) is 0 Å². The second kappa shape index (κ2) is 13.9. The Balaban J connectivity index is 2.17. The van der Waals surface area contributed by atoms with Crippen LogP contribution in [0.1, 0.15) is 50.8 Å². The summed E-state index contributed by atoms with van der Waals surface area (Å²) in [6.07, 6.45) is 0.326. The molecule has 0 bridgehead atoms. The fraction of sp³-hybridized carbons (Fsp3) is 0.394. The molecular weight excluding hydrogens is 566 g/mol. The average Bonchev–Trinajstić information content (AvgIpc) is 2.95. The summed E-state index contributed by atoms with van der Waals surface area (Å²) in [6, 6.07) is 17.9. The Kier molecular flexibility index (Phi) is 10.9. The standard InChI is InChI=1S/C33H43N3O6S/c1-9-28(32(38)34-33(4,5)6)35(21-25-13-11-10-12-24(25)3)31(37)22-36(29-20-26(41-7)16-19-30(29)42-8)43(39,40)27-17-14-23(2)15-18-27/h10-20,28H,9,21-22H2,1-8H3,(H,34,38)/t28-/m1/s1. The summed E-state index contributed by atoms with van der Waals surface area (Å²) in [5.74, 6) is -0.226. The molecule has 0 spiro atoms. The van der Waals surface area contributed by atoms with Gasteiger partial charge in [-0.3, -0.25) is 13.9 Å². The van der Waals surface area contributed by atoms with E-state index < -0.39 is 34.1 Å². The molecule has 10 heteroatoms. The molecule has 0 aliphatic heterocycles. The van der Waals surface area contributed by atoms with Gasteiger partial charge >= 0.3 is 0 Å². The van der Waals surface area contributed by atoms with Gasteiger partial charge in [-0.05, 0) is 76.4 Å². The van der Waals surface area contributed by atoms with Crippen LogP contribution in [0.2, 0.25) is 0 Å². The lowest BCUT2D eigenvalue weighted by atomic mass is 10.0. The van der Waals surface area contributed by atoms with E-state index in [-0.39, 0.29) is 28.8 Å². The van der Waals surface area contributed by atoms with Crippen LogP contribution in [0.3, 0.4) is 0 Å². The first kappa shape index (κ1) is 33.5. The Bertz CT molecular complexity index is 1530. The van der Waals surface area contributed by atoms with Gasteiger partial charge < -0.3 is 19.7 Å². The number of nitrogens with one attached hydrogen (secondary N) is 1. The number of carbonyl (C=O) groups is 2. The van der Waals surface area contributed by atoms with Crippen LogP contribution in [-0.4, -0.2) is 57.5 Å². The number of hydrogen-bond donors (Lipinski definition) is 1. The molecular formula is C33H43N3O6S. The number of methoxy groups -OCH3 is 2. The van der Waals surface area contributed by atoms with Crippen LogP contribution in [-0.2, 0) is 26.2 Å². The highest BCUT2D eigenvalue weighted by molar-refractivity contribution is 7.92. The molecule has 0 radical (unpaired) electrons. The Morgan fingerprint density at radius 3 is 2.14 bits per heavy atom. The zero-order valence-corrected chi connectivity index (χ0v) is 27.1. The van der Waals surface area contributed by atoms with Crippen LogP contribution < -0.4 is 19.1 Å². The topological polar surface area (TPSA) is 105 Å². The van der Waals surface area contributed by atoms with E-state index in [1.54, 1.807) is 24.3 Å².